The summed E-state index contributed by atoms with van der Waals surface area (Å²) in [4.78, 5) is 59.8. The third-order valence-electron chi connectivity index (χ3n) is 10.0. The lowest BCUT2D eigenvalue weighted by Crippen LogP contribution is -2.56. The Hall–Kier alpha value is -3.10. The van der Waals surface area contributed by atoms with E-state index < -0.39 is 39.2 Å². The molecule has 1 aromatic rings. The Bertz CT molecular complexity index is 1320. The van der Waals surface area contributed by atoms with Crippen molar-refractivity contribution >= 4 is 33.7 Å². The highest BCUT2D eigenvalue weighted by Gasteiger charge is 2.44. The van der Waals surface area contributed by atoms with Crippen molar-refractivity contribution < 1.29 is 32.7 Å². The summed E-state index contributed by atoms with van der Waals surface area (Å²) in [6, 6.07) is 2.61. The van der Waals surface area contributed by atoms with Crippen LogP contribution < -0.4 is 5.32 Å². The maximum atomic E-state index is 13.5. The summed E-state index contributed by atoms with van der Waals surface area (Å²) in [7, 11) is -1.86. The van der Waals surface area contributed by atoms with E-state index in [9.17, 15) is 32.7 Å². The Kier molecular flexibility index (Phi) is 9.90. The van der Waals surface area contributed by atoms with Crippen molar-refractivity contribution in [3.05, 3.63) is 30.1 Å². The number of aromatic nitrogens is 1. The van der Waals surface area contributed by atoms with Gasteiger partial charge in [0.15, 0.2) is 0 Å². The monoisotopic (exact) mass is 632 g/mol. The van der Waals surface area contributed by atoms with Crippen LogP contribution in [0.3, 0.4) is 0 Å². The molecule has 1 aliphatic carbocycles. The molecule has 4 aliphatic rings. The number of hydrogen-bond donors (Lipinski definition) is 2. The van der Waals surface area contributed by atoms with E-state index in [1.54, 1.807) is 46.5 Å². The number of carbonyl (C=O) groups is 4. The Balaban J connectivity index is 1.09. The number of amides is 3. The Morgan fingerprint density at radius 2 is 1.66 bits per heavy atom. The first-order valence-corrected chi connectivity index (χ1v) is 17.2. The summed E-state index contributed by atoms with van der Waals surface area (Å²) >= 11 is 0. The summed E-state index contributed by atoms with van der Waals surface area (Å²) in [5.74, 6) is -2.43. The van der Waals surface area contributed by atoms with Gasteiger partial charge in [-0.25, -0.2) is 8.42 Å². The quantitative estimate of drug-likeness (QED) is 0.420. The van der Waals surface area contributed by atoms with Crippen LogP contribution in [0.4, 0.5) is 0 Å². The lowest BCUT2D eigenvalue weighted by atomic mass is 9.85. The fraction of sp³-hybridized carbons (Fsp3) is 0.700. The van der Waals surface area contributed by atoms with Crippen LogP contribution in [0.25, 0.3) is 0 Å². The SMILES string of the molecule is C[C@H](NC(=O)[C@H]1CC(=O)N(C)[C@@H]1c1cccnc1)C(=O)N1CCC(S(=O)(=O)N2CCN(C3CCC(C(=O)O)CC3)CC2)CC1. The van der Waals surface area contributed by atoms with Crippen LogP contribution >= 0.6 is 0 Å². The molecule has 2 N–H and O–H groups in total. The standard InChI is InChI=1S/C30H44N6O7S/c1-20(32-28(38)25-18-26(37)33(2)27(25)22-4-3-11-31-19-22)29(39)35-12-9-24(10-13-35)44(42,43)36-16-14-34(15-17-36)23-7-5-21(6-8-23)30(40)41/h3-4,11,19-21,23-25,27H,5-10,12-18H2,1-2H3,(H,32,38)(H,40,41)/t20-,21?,23?,25-,27+/m0/s1. The molecule has 1 aromatic heterocycles. The Morgan fingerprint density at radius 3 is 2.25 bits per heavy atom. The zero-order chi connectivity index (χ0) is 31.6. The van der Waals surface area contributed by atoms with Gasteiger partial charge in [-0.15, -0.1) is 0 Å². The average Bonchev–Trinajstić information content (AvgIpc) is 3.34. The van der Waals surface area contributed by atoms with Crippen molar-refractivity contribution in [3.8, 4) is 0 Å². The van der Waals surface area contributed by atoms with Crippen molar-refractivity contribution in [2.45, 2.75) is 75.2 Å². The van der Waals surface area contributed by atoms with Gasteiger partial charge in [-0.05, 0) is 57.1 Å². The molecule has 3 atom stereocenters. The van der Waals surface area contributed by atoms with Gasteiger partial charge in [-0.2, -0.15) is 4.31 Å². The van der Waals surface area contributed by atoms with E-state index in [0.29, 0.717) is 71.0 Å². The lowest BCUT2D eigenvalue weighted by Gasteiger charge is -2.42. The van der Waals surface area contributed by atoms with E-state index in [4.69, 9.17) is 0 Å². The number of pyridine rings is 1. The second kappa shape index (κ2) is 13.5. The van der Waals surface area contributed by atoms with Crippen LogP contribution in [-0.4, -0.2) is 125 Å². The number of nitrogens with one attached hydrogen (secondary N) is 1. The minimum absolute atomic E-state index is 0.0478. The molecule has 4 heterocycles. The number of piperidine rings is 1. The highest BCUT2D eigenvalue weighted by Crippen LogP contribution is 2.37. The summed E-state index contributed by atoms with van der Waals surface area (Å²) < 4.78 is 28.6. The molecule has 5 rings (SSSR count). The number of hydrogen-bond acceptors (Lipinski definition) is 8. The molecule has 1 saturated carbocycles. The zero-order valence-electron chi connectivity index (χ0n) is 25.5. The zero-order valence-corrected chi connectivity index (χ0v) is 26.3. The molecule has 3 saturated heterocycles. The molecule has 44 heavy (non-hydrogen) atoms. The number of piperazine rings is 1. The third-order valence-corrected chi connectivity index (χ3v) is 12.4. The van der Waals surface area contributed by atoms with E-state index in [1.807, 2.05) is 6.07 Å². The second-order valence-electron chi connectivity index (χ2n) is 12.6. The molecule has 0 spiro atoms. The van der Waals surface area contributed by atoms with Crippen molar-refractivity contribution in [3.63, 3.8) is 0 Å². The lowest BCUT2D eigenvalue weighted by molar-refractivity contribution is -0.143. The van der Waals surface area contributed by atoms with E-state index in [1.165, 1.54) is 0 Å². The molecule has 0 bridgehead atoms. The van der Waals surface area contributed by atoms with Gasteiger partial charge in [0.05, 0.1) is 23.1 Å². The van der Waals surface area contributed by atoms with Crippen LogP contribution in [0.1, 0.15) is 63.5 Å². The molecular weight excluding hydrogens is 588 g/mol. The highest BCUT2D eigenvalue weighted by atomic mass is 32.2. The normalized spacial score (nSPS) is 28.5. The van der Waals surface area contributed by atoms with Crippen LogP contribution in [0.15, 0.2) is 24.5 Å². The van der Waals surface area contributed by atoms with Gasteiger partial charge in [-0.1, -0.05) is 6.07 Å². The Morgan fingerprint density at radius 1 is 1.00 bits per heavy atom. The largest absolute Gasteiger partial charge is 0.481 e. The van der Waals surface area contributed by atoms with Gasteiger partial charge < -0.3 is 20.2 Å². The van der Waals surface area contributed by atoms with E-state index >= 15 is 0 Å². The Labute approximate surface area is 259 Å². The highest BCUT2D eigenvalue weighted by molar-refractivity contribution is 7.89. The molecule has 0 unspecified atom stereocenters. The minimum Gasteiger partial charge on any atom is -0.481 e. The molecule has 13 nitrogen and oxygen atoms in total. The predicted octanol–water partition coefficient (Wildman–Crippen LogP) is 0.688. The van der Waals surface area contributed by atoms with E-state index in [-0.39, 0.29) is 30.1 Å². The molecule has 14 heteroatoms. The second-order valence-corrected chi connectivity index (χ2v) is 14.8. The van der Waals surface area contributed by atoms with E-state index in [2.05, 4.69) is 15.2 Å². The number of aliphatic carboxylic acids is 1. The summed E-state index contributed by atoms with van der Waals surface area (Å²) in [5.41, 5.74) is 0.757. The number of carboxylic acids is 1. The number of rotatable bonds is 8. The van der Waals surface area contributed by atoms with Crippen LogP contribution in [-0.2, 0) is 29.2 Å². The molecule has 3 aliphatic heterocycles. The first-order chi connectivity index (χ1) is 21.0. The molecule has 3 amide bonds. The van der Waals surface area contributed by atoms with Crippen molar-refractivity contribution in [2.24, 2.45) is 11.8 Å². The molecule has 242 valence electrons. The van der Waals surface area contributed by atoms with Crippen LogP contribution in [0.2, 0.25) is 0 Å². The van der Waals surface area contributed by atoms with Gasteiger partial charge in [-0.3, -0.25) is 29.1 Å². The summed E-state index contributed by atoms with van der Waals surface area (Å²) in [6.45, 7) is 4.32. The van der Waals surface area contributed by atoms with E-state index in [0.717, 1.165) is 18.4 Å². The van der Waals surface area contributed by atoms with Gasteiger partial charge in [0, 0.05) is 71.2 Å². The maximum Gasteiger partial charge on any atom is 0.306 e. The first-order valence-electron chi connectivity index (χ1n) is 15.7. The van der Waals surface area contributed by atoms with Gasteiger partial charge in [0.25, 0.3) is 0 Å². The summed E-state index contributed by atoms with van der Waals surface area (Å²) in [6.07, 6.45) is 6.98. The molecule has 0 aromatic carbocycles. The molecule has 0 radical (unpaired) electrons. The van der Waals surface area contributed by atoms with Crippen molar-refractivity contribution in [1.29, 1.82) is 0 Å². The smallest absolute Gasteiger partial charge is 0.306 e. The third kappa shape index (κ3) is 6.76. The molecule has 4 fully saturated rings. The first kappa shape index (κ1) is 32.3. The van der Waals surface area contributed by atoms with Gasteiger partial charge in [0.2, 0.25) is 27.7 Å². The van der Waals surface area contributed by atoms with Crippen LogP contribution in [0.5, 0.6) is 0 Å². The topological polar surface area (TPSA) is 161 Å². The van der Waals surface area contributed by atoms with Gasteiger partial charge in [0.1, 0.15) is 6.04 Å². The number of nitrogens with zero attached hydrogens (tertiary/aromatic N) is 5. The predicted molar refractivity (Wildman–Crippen MR) is 161 cm³/mol. The fourth-order valence-corrected chi connectivity index (χ4v) is 9.26. The number of likely N-dealkylation sites (tertiary alicyclic amines) is 2. The average molecular weight is 633 g/mol. The minimum atomic E-state index is -3.52. The van der Waals surface area contributed by atoms with Crippen molar-refractivity contribution in [1.82, 2.24) is 29.3 Å². The van der Waals surface area contributed by atoms with Crippen LogP contribution in [0, 0.1) is 11.8 Å². The number of carboxylic acid groups (broad SMARTS) is 1. The summed E-state index contributed by atoms with van der Waals surface area (Å²) in [5, 5.41) is 11.5. The van der Waals surface area contributed by atoms with Gasteiger partial charge >= 0.3 is 5.97 Å². The molecular formula is C30H44N6O7S. The number of carbonyl (C=O) groups excluding carboxylic acids is 3. The maximum absolute atomic E-state index is 13.5. The number of sulfonamides is 1. The van der Waals surface area contributed by atoms with Crippen molar-refractivity contribution in [2.75, 3.05) is 46.3 Å². The fourth-order valence-electron chi connectivity index (χ4n) is 7.36.